The van der Waals surface area contributed by atoms with Crippen LogP contribution in [0, 0.1) is 0 Å². The third-order valence-corrected chi connectivity index (χ3v) is 4.88. The second-order valence-corrected chi connectivity index (χ2v) is 6.95. The fraction of sp³-hybridized carbons (Fsp3) is 0.333. The van der Waals surface area contributed by atoms with E-state index >= 15 is 0 Å². The van der Waals surface area contributed by atoms with Crippen molar-refractivity contribution in [1.82, 2.24) is 0 Å². The van der Waals surface area contributed by atoms with Gasteiger partial charge >= 0.3 is 5.97 Å². The first-order valence-electron chi connectivity index (χ1n) is 9.01. The summed E-state index contributed by atoms with van der Waals surface area (Å²) in [5, 5.41) is 2.94. The van der Waals surface area contributed by atoms with Gasteiger partial charge in [-0.1, -0.05) is 37.6 Å². The minimum absolute atomic E-state index is 0.0965. The Hall–Kier alpha value is -2.73. The van der Waals surface area contributed by atoms with Gasteiger partial charge in [0.05, 0.1) is 17.8 Å². The summed E-state index contributed by atoms with van der Waals surface area (Å²) >= 11 is 5.97. The Morgan fingerprint density at radius 1 is 1.18 bits per heavy atom. The van der Waals surface area contributed by atoms with E-state index in [0.717, 1.165) is 6.42 Å². The highest BCUT2D eigenvalue weighted by Gasteiger charge is 2.22. The van der Waals surface area contributed by atoms with Crippen molar-refractivity contribution >= 4 is 34.9 Å². The van der Waals surface area contributed by atoms with Gasteiger partial charge in [0, 0.05) is 11.8 Å². The molecule has 0 bridgehead atoms. The molecule has 0 fully saturated rings. The zero-order valence-corrected chi connectivity index (χ0v) is 17.2. The van der Waals surface area contributed by atoms with Gasteiger partial charge in [-0.3, -0.25) is 4.79 Å². The molecule has 0 saturated carbocycles. The van der Waals surface area contributed by atoms with Gasteiger partial charge in [-0.15, -0.1) is 0 Å². The number of hydrogen-bond acceptors (Lipinski definition) is 5. The zero-order chi connectivity index (χ0) is 20.8. The molecule has 6 nitrogen and oxygen atoms in total. The summed E-state index contributed by atoms with van der Waals surface area (Å²) in [4.78, 5) is 24.8. The maximum Gasteiger partial charge on any atom is 0.342 e. The van der Waals surface area contributed by atoms with Crippen molar-refractivity contribution in [2.45, 2.75) is 39.2 Å². The molecule has 0 saturated heterocycles. The SMILES string of the molecule is CC[C@@H](C)c1ccc(NC(=O)[C@H](C)OC(=O)c2cc(Cl)c(N)cc2OC)cc1. The van der Waals surface area contributed by atoms with Crippen LogP contribution >= 0.6 is 11.6 Å². The number of esters is 1. The summed E-state index contributed by atoms with van der Waals surface area (Å²) in [6, 6.07) is 10.4. The van der Waals surface area contributed by atoms with Gasteiger partial charge in [0.2, 0.25) is 0 Å². The molecule has 0 heterocycles. The predicted molar refractivity (Wildman–Crippen MR) is 111 cm³/mol. The Morgan fingerprint density at radius 3 is 2.39 bits per heavy atom. The van der Waals surface area contributed by atoms with Gasteiger partial charge in [-0.2, -0.15) is 0 Å². The maximum absolute atomic E-state index is 12.4. The van der Waals surface area contributed by atoms with E-state index in [1.165, 1.54) is 31.7 Å². The lowest BCUT2D eigenvalue weighted by molar-refractivity contribution is -0.123. The van der Waals surface area contributed by atoms with E-state index in [4.69, 9.17) is 26.8 Å². The molecule has 2 rings (SSSR count). The number of carbonyl (C=O) groups excluding carboxylic acids is 2. The van der Waals surface area contributed by atoms with Gasteiger partial charge in [0.1, 0.15) is 11.3 Å². The summed E-state index contributed by atoms with van der Waals surface area (Å²) in [5.41, 5.74) is 7.92. The molecule has 2 aromatic rings. The first-order chi connectivity index (χ1) is 13.3. The largest absolute Gasteiger partial charge is 0.496 e. The second kappa shape index (κ2) is 9.46. The highest BCUT2D eigenvalue weighted by atomic mass is 35.5. The predicted octanol–water partition coefficient (Wildman–Crippen LogP) is 4.63. The molecule has 2 atom stereocenters. The Kier molecular flexibility index (Phi) is 7.29. The number of methoxy groups -OCH3 is 1. The Balaban J connectivity index is 2.04. The molecule has 0 aliphatic rings. The third kappa shape index (κ3) is 5.16. The molecule has 0 spiro atoms. The van der Waals surface area contributed by atoms with Crippen molar-refractivity contribution in [2.24, 2.45) is 0 Å². The summed E-state index contributed by atoms with van der Waals surface area (Å²) < 4.78 is 10.4. The monoisotopic (exact) mass is 404 g/mol. The van der Waals surface area contributed by atoms with Crippen molar-refractivity contribution < 1.29 is 19.1 Å². The first-order valence-corrected chi connectivity index (χ1v) is 9.39. The van der Waals surface area contributed by atoms with Crippen molar-refractivity contribution in [3.05, 3.63) is 52.5 Å². The molecule has 0 aliphatic carbocycles. The number of rotatable bonds is 7. The van der Waals surface area contributed by atoms with Crippen LogP contribution in [0.5, 0.6) is 5.75 Å². The van der Waals surface area contributed by atoms with E-state index in [1.54, 1.807) is 0 Å². The van der Waals surface area contributed by atoms with Crippen LogP contribution in [0.1, 0.15) is 49.0 Å². The van der Waals surface area contributed by atoms with E-state index in [9.17, 15) is 9.59 Å². The molecule has 7 heteroatoms. The zero-order valence-electron chi connectivity index (χ0n) is 16.4. The molecule has 3 N–H and O–H groups in total. The molecule has 0 aliphatic heterocycles. The number of halogens is 1. The lowest BCUT2D eigenvalue weighted by Crippen LogP contribution is -2.30. The molecule has 1 amide bonds. The van der Waals surface area contributed by atoms with Gasteiger partial charge in [0.25, 0.3) is 5.91 Å². The van der Waals surface area contributed by atoms with Crippen LogP contribution in [0.25, 0.3) is 0 Å². The van der Waals surface area contributed by atoms with E-state index < -0.39 is 18.0 Å². The van der Waals surface area contributed by atoms with Crippen LogP contribution in [-0.4, -0.2) is 25.1 Å². The van der Waals surface area contributed by atoms with Crippen LogP contribution < -0.4 is 15.8 Å². The van der Waals surface area contributed by atoms with Crippen LogP contribution in [0.15, 0.2) is 36.4 Å². The topological polar surface area (TPSA) is 90.7 Å². The molecule has 0 aromatic heterocycles. The average Bonchev–Trinajstić information content (AvgIpc) is 2.69. The van der Waals surface area contributed by atoms with Gasteiger partial charge in [0.15, 0.2) is 6.10 Å². The van der Waals surface area contributed by atoms with Crippen LogP contribution in [0.2, 0.25) is 5.02 Å². The Bertz CT molecular complexity index is 852. The number of hydrogen-bond donors (Lipinski definition) is 2. The van der Waals surface area contributed by atoms with Crippen molar-refractivity contribution in [3.8, 4) is 5.75 Å². The number of ether oxygens (including phenoxy) is 2. The summed E-state index contributed by atoms with van der Waals surface area (Å²) in [5.74, 6) is -0.495. The number of nitrogen functional groups attached to an aromatic ring is 1. The number of nitrogens with two attached hydrogens (primary N) is 1. The molecule has 0 radical (unpaired) electrons. The Labute approximate surface area is 170 Å². The lowest BCUT2D eigenvalue weighted by atomic mass is 9.99. The lowest BCUT2D eigenvalue weighted by Gasteiger charge is -2.16. The normalized spacial score (nSPS) is 12.8. The molecular weight excluding hydrogens is 380 g/mol. The van der Waals surface area contributed by atoms with Crippen molar-refractivity contribution in [2.75, 3.05) is 18.2 Å². The molecule has 150 valence electrons. The molecule has 28 heavy (non-hydrogen) atoms. The van der Waals surface area contributed by atoms with E-state index in [0.29, 0.717) is 11.6 Å². The minimum atomic E-state index is -1.01. The standard InChI is InChI=1S/C21H25ClN2O4/c1-5-12(2)14-6-8-15(9-7-14)24-20(25)13(3)28-21(26)16-10-17(22)18(23)11-19(16)27-4/h6-13H,5,23H2,1-4H3,(H,24,25)/t12-,13+/m1/s1. The third-order valence-electron chi connectivity index (χ3n) is 4.55. The first kappa shape index (κ1) is 21.6. The smallest absolute Gasteiger partial charge is 0.342 e. The van der Waals surface area contributed by atoms with Gasteiger partial charge < -0.3 is 20.5 Å². The molecule has 2 aromatic carbocycles. The van der Waals surface area contributed by atoms with Crippen LogP contribution in [0.4, 0.5) is 11.4 Å². The quantitative estimate of drug-likeness (QED) is 0.518. The van der Waals surface area contributed by atoms with Crippen molar-refractivity contribution in [3.63, 3.8) is 0 Å². The number of carbonyl (C=O) groups is 2. The fourth-order valence-electron chi connectivity index (χ4n) is 2.55. The fourth-order valence-corrected chi connectivity index (χ4v) is 2.71. The van der Waals surface area contributed by atoms with Gasteiger partial charge in [-0.25, -0.2) is 4.79 Å². The van der Waals surface area contributed by atoms with E-state index in [1.807, 2.05) is 24.3 Å². The summed E-state index contributed by atoms with van der Waals surface area (Å²) in [6.45, 7) is 5.76. The molecular formula is C21H25ClN2O4. The number of benzene rings is 2. The minimum Gasteiger partial charge on any atom is -0.496 e. The summed E-state index contributed by atoms with van der Waals surface area (Å²) in [7, 11) is 1.40. The summed E-state index contributed by atoms with van der Waals surface area (Å²) in [6.07, 6.45) is 0.0277. The van der Waals surface area contributed by atoms with E-state index in [2.05, 4.69) is 19.2 Å². The maximum atomic E-state index is 12.4. The van der Waals surface area contributed by atoms with Crippen LogP contribution in [0.3, 0.4) is 0 Å². The van der Waals surface area contributed by atoms with Crippen LogP contribution in [-0.2, 0) is 9.53 Å². The second-order valence-electron chi connectivity index (χ2n) is 6.54. The van der Waals surface area contributed by atoms with Crippen molar-refractivity contribution in [1.29, 1.82) is 0 Å². The number of nitrogens with one attached hydrogen (secondary N) is 1. The average molecular weight is 405 g/mol. The molecule has 0 unspecified atom stereocenters. The van der Waals surface area contributed by atoms with E-state index in [-0.39, 0.29) is 22.0 Å². The van der Waals surface area contributed by atoms with Gasteiger partial charge in [-0.05, 0) is 43.0 Å². The highest BCUT2D eigenvalue weighted by molar-refractivity contribution is 6.33. The number of amides is 1. The Morgan fingerprint density at radius 2 is 1.82 bits per heavy atom. The number of anilines is 2. The highest BCUT2D eigenvalue weighted by Crippen LogP contribution is 2.29.